The Kier molecular flexibility index (Phi) is 3.06. The third-order valence-corrected chi connectivity index (χ3v) is 1.71. The smallest absolute Gasteiger partial charge is 0.249 e. The van der Waals surface area contributed by atoms with Gasteiger partial charge >= 0.3 is 0 Å². The molecule has 0 heterocycles. The van der Waals surface area contributed by atoms with Gasteiger partial charge in [-0.2, -0.15) is 0 Å². The van der Waals surface area contributed by atoms with Crippen molar-refractivity contribution < 1.29 is 4.79 Å². The van der Waals surface area contributed by atoms with E-state index in [4.69, 9.17) is 17.2 Å². The highest BCUT2D eigenvalue weighted by atomic mass is 16.1. The summed E-state index contributed by atoms with van der Waals surface area (Å²) in [4.78, 5) is 14.8. The number of benzene rings is 1. The molecule has 0 aliphatic carbocycles. The predicted octanol–water partition coefficient (Wildman–Crippen LogP) is -0.441. The van der Waals surface area contributed by atoms with Crippen LogP contribution in [0.3, 0.4) is 0 Å². The second-order valence-electron chi connectivity index (χ2n) is 2.76. The molecule has 5 nitrogen and oxygen atoms in total. The Hall–Kier alpha value is -2.04. The summed E-state index contributed by atoms with van der Waals surface area (Å²) < 4.78 is 0. The number of guanidine groups is 1. The van der Waals surface area contributed by atoms with E-state index in [9.17, 15) is 4.79 Å². The van der Waals surface area contributed by atoms with Crippen molar-refractivity contribution in [2.45, 2.75) is 6.54 Å². The van der Waals surface area contributed by atoms with E-state index in [2.05, 4.69) is 4.99 Å². The maximum Gasteiger partial charge on any atom is 0.249 e. The zero-order valence-corrected chi connectivity index (χ0v) is 7.60. The lowest BCUT2D eigenvalue weighted by atomic mass is 10.1. The maximum atomic E-state index is 11.0. The van der Waals surface area contributed by atoms with Crippen molar-refractivity contribution >= 4 is 11.9 Å². The monoisotopic (exact) mass is 192 g/mol. The SMILES string of the molecule is NC(=O)c1ccccc1CN=C(N)N. The summed E-state index contributed by atoms with van der Waals surface area (Å²) in [6.45, 7) is 0.265. The molecule has 0 unspecified atom stereocenters. The van der Waals surface area contributed by atoms with E-state index in [0.29, 0.717) is 11.1 Å². The van der Waals surface area contributed by atoms with Crippen LogP contribution in [0.25, 0.3) is 0 Å². The summed E-state index contributed by atoms with van der Waals surface area (Å²) >= 11 is 0. The molecule has 6 N–H and O–H groups in total. The molecule has 0 bridgehead atoms. The molecule has 0 aliphatic rings. The van der Waals surface area contributed by atoms with Gasteiger partial charge in [-0.15, -0.1) is 0 Å². The first-order valence-electron chi connectivity index (χ1n) is 4.04. The number of hydrogen-bond acceptors (Lipinski definition) is 2. The normalized spacial score (nSPS) is 9.43. The van der Waals surface area contributed by atoms with Gasteiger partial charge in [0.15, 0.2) is 5.96 Å². The molecule has 0 aliphatic heterocycles. The Labute approximate surface area is 81.6 Å². The predicted molar refractivity (Wildman–Crippen MR) is 54.5 cm³/mol. The Balaban J connectivity index is 2.96. The number of primary amides is 1. The minimum Gasteiger partial charge on any atom is -0.370 e. The van der Waals surface area contributed by atoms with E-state index in [1.165, 1.54) is 0 Å². The Morgan fingerprint density at radius 2 is 1.86 bits per heavy atom. The molecule has 0 fully saturated rings. The molecule has 1 amide bonds. The summed E-state index contributed by atoms with van der Waals surface area (Å²) in [5.41, 5.74) is 16.7. The summed E-state index contributed by atoms with van der Waals surface area (Å²) in [6.07, 6.45) is 0. The zero-order chi connectivity index (χ0) is 10.6. The van der Waals surface area contributed by atoms with Gasteiger partial charge in [0, 0.05) is 5.56 Å². The van der Waals surface area contributed by atoms with Crippen LogP contribution >= 0.6 is 0 Å². The van der Waals surface area contributed by atoms with Crippen LogP contribution < -0.4 is 17.2 Å². The Bertz CT molecular complexity index is 369. The third kappa shape index (κ3) is 2.48. The van der Waals surface area contributed by atoms with Crippen molar-refractivity contribution in [3.63, 3.8) is 0 Å². The number of amides is 1. The fourth-order valence-corrected chi connectivity index (χ4v) is 1.08. The molecule has 0 spiro atoms. The lowest BCUT2D eigenvalue weighted by molar-refractivity contribution is 0.0999. The molecule has 0 radical (unpaired) electrons. The molecule has 5 heteroatoms. The number of carbonyl (C=O) groups is 1. The summed E-state index contributed by atoms with van der Waals surface area (Å²) in [7, 11) is 0. The van der Waals surface area contributed by atoms with Crippen LogP contribution in [-0.2, 0) is 6.54 Å². The van der Waals surface area contributed by atoms with E-state index in [1.807, 2.05) is 0 Å². The highest BCUT2D eigenvalue weighted by molar-refractivity contribution is 5.94. The number of aliphatic imine (C=N–C) groups is 1. The van der Waals surface area contributed by atoms with E-state index >= 15 is 0 Å². The lowest BCUT2D eigenvalue weighted by Gasteiger charge is -2.02. The van der Waals surface area contributed by atoms with Crippen molar-refractivity contribution in [3.05, 3.63) is 35.4 Å². The highest BCUT2D eigenvalue weighted by Crippen LogP contribution is 2.08. The van der Waals surface area contributed by atoms with Crippen LogP contribution in [0, 0.1) is 0 Å². The fourth-order valence-electron chi connectivity index (χ4n) is 1.08. The molecule has 1 rings (SSSR count). The molecule has 1 aromatic carbocycles. The molecule has 0 aromatic heterocycles. The van der Waals surface area contributed by atoms with Gasteiger partial charge in [-0.05, 0) is 11.6 Å². The van der Waals surface area contributed by atoms with Gasteiger partial charge in [0.2, 0.25) is 5.91 Å². The molecule has 0 atom stereocenters. The van der Waals surface area contributed by atoms with Gasteiger partial charge in [0.1, 0.15) is 0 Å². The number of nitrogens with two attached hydrogens (primary N) is 3. The van der Waals surface area contributed by atoms with E-state index < -0.39 is 5.91 Å². The van der Waals surface area contributed by atoms with Gasteiger partial charge < -0.3 is 17.2 Å². The largest absolute Gasteiger partial charge is 0.370 e. The molecule has 14 heavy (non-hydrogen) atoms. The van der Waals surface area contributed by atoms with E-state index in [0.717, 1.165) is 0 Å². The van der Waals surface area contributed by atoms with Crippen molar-refractivity contribution in [2.75, 3.05) is 0 Å². The molecular formula is C9H12N4O. The van der Waals surface area contributed by atoms with Crippen molar-refractivity contribution in [3.8, 4) is 0 Å². The van der Waals surface area contributed by atoms with Gasteiger partial charge in [-0.25, -0.2) is 4.99 Å². The van der Waals surface area contributed by atoms with Crippen molar-refractivity contribution in [2.24, 2.45) is 22.2 Å². The number of hydrogen-bond donors (Lipinski definition) is 3. The highest BCUT2D eigenvalue weighted by Gasteiger charge is 2.05. The van der Waals surface area contributed by atoms with Crippen LogP contribution in [-0.4, -0.2) is 11.9 Å². The van der Waals surface area contributed by atoms with Gasteiger partial charge in [-0.1, -0.05) is 18.2 Å². The first kappa shape index (κ1) is 10.0. The molecule has 0 saturated heterocycles. The van der Waals surface area contributed by atoms with Crippen molar-refractivity contribution in [1.82, 2.24) is 0 Å². The number of nitrogens with zero attached hydrogens (tertiary/aromatic N) is 1. The van der Waals surface area contributed by atoms with Gasteiger partial charge in [0.25, 0.3) is 0 Å². The molecule has 0 saturated carbocycles. The molecule has 74 valence electrons. The number of rotatable bonds is 3. The standard InChI is InChI=1S/C9H12N4O/c10-8(14)7-4-2-1-3-6(7)5-13-9(11)12/h1-4H,5H2,(H2,10,14)(H4,11,12,13). The summed E-state index contributed by atoms with van der Waals surface area (Å²) in [6, 6.07) is 6.93. The van der Waals surface area contributed by atoms with E-state index in [1.54, 1.807) is 24.3 Å². The fraction of sp³-hybridized carbons (Fsp3) is 0.111. The summed E-state index contributed by atoms with van der Waals surface area (Å²) in [5, 5.41) is 0. The van der Waals surface area contributed by atoms with E-state index in [-0.39, 0.29) is 12.5 Å². The van der Waals surface area contributed by atoms with Crippen LogP contribution in [0.4, 0.5) is 0 Å². The first-order chi connectivity index (χ1) is 6.61. The maximum absolute atomic E-state index is 11.0. The van der Waals surface area contributed by atoms with Crippen LogP contribution in [0.1, 0.15) is 15.9 Å². The Morgan fingerprint density at radius 3 is 2.43 bits per heavy atom. The van der Waals surface area contributed by atoms with Crippen LogP contribution in [0.2, 0.25) is 0 Å². The number of carbonyl (C=O) groups excluding carboxylic acids is 1. The van der Waals surface area contributed by atoms with Gasteiger partial charge in [-0.3, -0.25) is 4.79 Å². The zero-order valence-electron chi connectivity index (χ0n) is 7.60. The molecule has 1 aromatic rings. The quantitative estimate of drug-likeness (QED) is 0.446. The minimum atomic E-state index is -0.480. The average molecular weight is 192 g/mol. The van der Waals surface area contributed by atoms with Crippen LogP contribution in [0.5, 0.6) is 0 Å². The second-order valence-corrected chi connectivity index (χ2v) is 2.76. The lowest BCUT2D eigenvalue weighted by Crippen LogP contribution is -2.23. The first-order valence-corrected chi connectivity index (χ1v) is 4.04. The van der Waals surface area contributed by atoms with Crippen LogP contribution in [0.15, 0.2) is 29.3 Å². The van der Waals surface area contributed by atoms with Gasteiger partial charge in [0.05, 0.1) is 6.54 Å². The average Bonchev–Trinajstić information content (AvgIpc) is 2.15. The topological polar surface area (TPSA) is 107 Å². The van der Waals surface area contributed by atoms with Crippen molar-refractivity contribution in [1.29, 1.82) is 0 Å². The second kappa shape index (κ2) is 4.27. The third-order valence-electron chi connectivity index (χ3n) is 1.71. The minimum absolute atomic E-state index is 0.00993. The Morgan fingerprint density at radius 1 is 1.21 bits per heavy atom. The molecular weight excluding hydrogens is 180 g/mol. The summed E-state index contributed by atoms with van der Waals surface area (Å²) in [5.74, 6) is -0.490.